The summed E-state index contributed by atoms with van der Waals surface area (Å²) in [7, 11) is 0.128. The van der Waals surface area contributed by atoms with Crippen LogP contribution in [-0.4, -0.2) is 37.2 Å². The fourth-order valence-corrected chi connectivity index (χ4v) is 3.45. The lowest BCUT2D eigenvalue weighted by molar-refractivity contribution is 0.0941. The zero-order chi connectivity index (χ0) is 20.3. The molecule has 0 radical (unpaired) electrons. The van der Waals surface area contributed by atoms with E-state index in [2.05, 4.69) is 10.3 Å². The number of carbonyl (C=O) groups is 1. The Labute approximate surface area is 163 Å². The number of nitrogens with zero attached hydrogens (tertiary/aromatic N) is 2. The van der Waals surface area contributed by atoms with Gasteiger partial charge in [0.05, 0.1) is 12.0 Å². The smallest absolute Gasteiger partial charge is 0.252 e. The van der Waals surface area contributed by atoms with Crippen LogP contribution in [0, 0.1) is 0 Å². The summed E-state index contributed by atoms with van der Waals surface area (Å²) in [6, 6.07) is 12.7. The highest BCUT2D eigenvalue weighted by molar-refractivity contribution is 7.90. The minimum Gasteiger partial charge on any atom is -0.497 e. The summed E-state index contributed by atoms with van der Waals surface area (Å²) >= 11 is 0. The molecule has 3 aromatic rings. The van der Waals surface area contributed by atoms with Crippen LogP contribution in [-0.2, 0) is 16.9 Å². The van der Waals surface area contributed by atoms with E-state index < -0.39 is 15.9 Å². The van der Waals surface area contributed by atoms with Crippen molar-refractivity contribution >= 4 is 15.7 Å². The fourth-order valence-electron chi connectivity index (χ4n) is 2.82. The van der Waals surface area contributed by atoms with Crippen molar-refractivity contribution in [3.63, 3.8) is 0 Å². The molecule has 0 aliphatic rings. The number of amides is 1. The van der Waals surface area contributed by atoms with E-state index in [4.69, 9.17) is 4.74 Å². The third-order valence-electron chi connectivity index (χ3n) is 4.39. The number of sulfone groups is 1. The molecule has 146 valence electrons. The summed E-state index contributed by atoms with van der Waals surface area (Å²) in [5, 5.41) is 2.98. The summed E-state index contributed by atoms with van der Waals surface area (Å²) < 4.78 is 30.2. The van der Waals surface area contributed by atoms with Gasteiger partial charge >= 0.3 is 0 Å². The van der Waals surface area contributed by atoms with E-state index in [0.29, 0.717) is 17.1 Å². The molecule has 0 aliphatic carbocycles. The van der Waals surface area contributed by atoms with Crippen LogP contribution in [0.15, 0.2) is 65.8 Å². The molecule has 7 nitrogen and oxygen atoms in total. The summed E-state index contributed by atoms with van der Waals surface area (Å²) in [4.78, 5) is 17.3. The molecule has 0 saturated carbocycles. The molecule has 3 rings (SSSR count). The third kappa shape index (κ3) is 4.23. The van der Waals surface area contributed by atoms with Gasteiger partial charge in [-0.2, -0.15) is 0 Å². The molecule has 0 aliphatic heterocycles. The van der Waals surface area contributed by atoms with Gasteiger partial charge in [0.2, 0.25) is 0 Å². The number of hydrogen-bond donors (Lipinski definition) is 1. The zero-order valence-electron chi connectivity index (χ0n) is 15.8. The van der Waals surface area contributed by atoms with E-state index in [9.17, 15) is 13.2 Å². The molecule has 8 heteroatoms. The lowest BCUT2D eigenvalue weighted by Gasteiger charge is -2.19. The Kier molecular flexibility index (Phi) is 5.51. The maximum absolute atomic E-state index is 12.8. The predicted molar refractivity (Wildman–Crippen MR) is 105 cm³/mol. The highest BCUT2D eigenvalue weighted by Crippen LogP contribution is 2.23. The van der Waals surface area contributed by atoms with Gasteiger partial charge in [-0.15, -0.1) is 0 Å². The van der Waals surface area contributed by atoms with E-state index in [1.54, 1.807) is 19.5 Å². The van der Waals surface area contributed by atoms with Crippen molar-refractivity contribution in [1.29, 1.82) is 0 Å². The van der Waals surface area contributed by atoms with Crippen molar-refractivity contribution in [3.05, 3.63) is 77.9 Å². The number of methoxy groups -OCH3 is 1. The second kappa shape index (κ2) is 7.85. The monoisotopic (exact) mass is 399 g/mol. The van der Waals surface area contributed by atoms with Crippen LogP contribution in [0.2, 0.25) is 0 Å². The van der Waals surface area contributed by atoms with Crippen LogP contribution in [0.25, 0.3) is 0 Å². The molecular weight excluding hydrogens is 378 g/mol. The maximum atomic E-state index is 12.8. The predicted octanol–water partition coefficient (Wildman–Crippen LogP) is 2.35. The number of aryl methyl sites for hydroxylation is 1. The van der Waals surface area contributed by atoms with Crippen molar-refractivity contribution in [2.24, 2.45) is 7.05 Å². The van der Waals surface area contributed by atoms with Crippen molar-refractivity contribution in [1.82, 2.24) is 14.9 Å². The van der Waals surface area contributed by atoms with Gasteiger partial charge in [0.25, 0.3) is 5.91 Å². The number of rotatable bonds is 6. The Morgan fingerprint density at radius 2 is 1.75 bits per heavy atom. The molecule has 0 fully saturated rings. The quantitative estimate of drug-likeness (QED) is 0.687. The number of hydrogen-bond acceptors (Lipinski definition) is 5. The minimum atomic E-state index is -3.32. The number of nitrogens with one attached hydrogen (secondary N) is 1. The molecule has 2 aromatic carbocycles. The lowest BCUT2D eigenvalue weighted by Crippen LogP contribution is -2.31. The summed E-state index contributed by atoms with van der Waals surface area (Å²) in [6.07, 6.45) is 4.60. The molecule has 0 bridgehead atoms. The molecule has 0 saturated heterocycles. The van der Waals surface area contributed by atoms with Gasteiger partial charge in [0.1, 0.15) is 17.6 Å². The second-order valence-corrected chi connectivity index (χ2v) is 8.39. The third-order valence-corrected chi connectivity index (χ3v) is 5.51. The minimum absolute atomic E-state index is 0.167. The largest absolute Gasteiger partial charge is 0.497 e. The molecule has 1 amide bonds. The number of aromatic nitrogens is 2. The van der Waals surface area contributed by atoms with Crippen LogP contribution >= 0.6 is 0 Å². The zero-order valence-corrected chi connectivity index (χ0v) is 16.6. The normalized spacial score (nSPS) is 12.4. The molecule has 0 spiro atoms. The first kappa shape index (κ1) is 19.6. The van der Waals surface area contributed by atoms with Gasteiger partial charge in [0.15, 0.2) is 9.84 Å². The number of carbonyl (C=O) groups excluding carboxylic acids is 1. The van der Waals surface area contributed by atoms with Gasteiger partial charge in [-0.05, 0) is 42.0 Å². The average molecular weight is 399 g/mol. The SMILES string of the molecule is COc1ccc([C@@H](NC(=O)c2ccc(S(C)(=O)=O)cc2)c2nccn2C)cc1. The topological polar surface area (TPSA) is 90.3 Å². The van der Waals surface area contributed by atoms with E-state index in [0.717, 1.165) is 11.8 Å². The van der Waals surface area contributed by atoms with Gasteiger partial charge < -0.3 is 14.6 Å². The van der Waals surface area contributed by atoms with E-state index in [1.165, 1.54) is 24.3 Å². The molecule has 1 heterocycles. The van der Waals surface area contributed by atoms with Crippen LogP contribution in [0.1, 0.15) is 27.8 Å². The number of ether oxygens (including phenoxy) is 1. The number of benzene rings is 2. The van der Waals surface area contributed by atoms with Crippen molar-refractivity contribution in [3.8, 4) is 5.75 Å². The molecule has 1 atom stereocenters. The number of imidazole rings is 1. The highest BCUT2D eigenvalue weighted by atomic mass is 32.2. The average Bonchev–Trinajstić information content (AvgIpc) is 3.11. The molecule has 1 aromatic heterocycles. The molecule has 28 heavy (non-hydrogen) atoms. The summed E-state index contributed by atoms with van der Waals surface area (Å²) in [5.41, 5.74) is 1.20. The van der Waals surface area contributed by atoms with Crippen LogP contribution in [0.4, 0.5) is 0 Å². The van der Waals surface area contributed by atoms with Crippen LogP contribution in [0.5, 0.6) is 5.75 Å². The summed E-state index contributed by atoms with van der Waals surface area (Å²) in [5.74, 6) is 1.06. The van der Waals surface area contributed by atoms with Crippen molar-refractivity contribution < 1.29 is 17.9 Å². The Bertz CT molecular complexity index is 1070. The van der Waals surface area contributed by atoms with Gasteiger partial charge in [-0.25, -0.2) is 13.4 Å². The Morgan fingerprint density at radius 3 is 2.25 bits per heavy atom. The first-order valence-electron chi connectivity index (χ1n) is 8.52. The van der Waals surface area contributed by atoms with Gasteiger partial charge in [-0.1, -0.05) is 12.1 Å². The summed E-state index contributed by atoms with van der Waals surface area (Å²) in [6.45, 7) is 0. The lowest BCUT2D eigenvalue weighted by atomic mass is 10.0. The van der Waals surface area contributed by atoms with Crippen molar-refractivity contribution in [2.45, 2.75) is 10.9 Å². The van der Waals surface area contributed by atoms with Gasteiger partial charge in [0, 0.05) is 31.3 Å². The highest BCUT2D eigenvalue weighted by Gasteiger charge is 2.22. The fraction of sp³-hybridized carbons (Fsp3) is 0.200. The van der Waals surface area contributed by atoms with E-state index in [1.807, 2.05) is 35.9 Å². The molecule has 1 N–H and O–H groups in total. The Balaban J connectivity index is 1.91. The van der Waals surface area contributed by atoms with Crippen molar-refractivity contribution in [2.75, 3.05) is 13.4 Å². The first-order valence-corrected chi connectivity index (χ1v) is 10.4. The van der Waals surface area contributed by atoms with E-state index >= 15 is 0 Å². The van der Waals surface area contributed by atoms with Crippen LogP contribution in [0.3, 0.4) is 0 Å². The molecular formula is C20H21N3O4S. The van der Waals surface area contributed by atoms with Gasteiger partial charge in [-0.3, -0.25) is 4.79 Å². The van der Waals surface area contributed by atoms with Crippen LogP contribution < -0.4 is 10.1 Å². The standard InChI is InChI=1S/C20H21N3O4S/c1-23-13-12-21-19(23)18(14-4-8-16(27-2)9-5-14)22-20(24)15-6-10-17(11-7-15)28(3,25)26/h4-13,18H,1-3H3,(H,22,24)/t18-/m1/s1. The Morgan fingerprint density at radius 1 is 1.11 bits per heavy atom. The second-order valence-electron chi connectivity index (χ2n) is 6.37. The molecule has 0 unspecified atom stereocenters. The van der Waals surface area contributed by atoms with E-state index in [-0.39, 0.29) is 10.8 Å². The maximum Gasteiger partial charge on any atom is 0.252 e. The first-order chi connectivity index (χ1) is 13.3. The Hall–Kier alpha value is -3.13.